The van der Waals surface area contributed by atoms with Crippen molar-refractivity contribution in [2.24, 2.45) is 0 Å². The average molecular weight is 333 g/mol. The van der Waals surface area contributed by atoms with Crippen molar-refractivity contribution in [3.05, 3.63) is 35.8 Å². The molecule has 0 aliphatic carbocycles. The molecule has 2 N–H and O–H groups in total. The van der Waals surface area contributed by atoms with Gasteiger partial charge in [-0.2, -0.15) is 0 Å². The largest absolute Gasteiger partial charge is 0.388 e. The van der Waals surface area contributed by atoms with Crippen LogP contribution in [0.15, 0.2) is 24.3 Å². The van der Waals surface area contributed by atoms with Gasteiger partial charge in [0, 0.05) is 30.5 Å². The Kier molecular flexibility index (Phi) is 4.60. The summed E-state index contributed by atoms with van der Waals surface area (Å²) in [5.41, 5.74) is 0.467. The molecule has 0 spiro atoms. The lowest BCUT2D eigenvalue weighted by Crippen LogP contribution is -2.41. The first-order valence-electron chi connectivity index (χ1n) is 8.31. The number of nitrogens with zero attached hydrogens (tertiary/aromatic N) is 2. The summed E-state index contributed by atoms with van der Waals surface area (Å²) < 4.78 is 13.3. The summed E-state index contributed by atoms with van der Waals surface area (Å²) in [6.45, 7) is 1.74. The highest BCUT2D eigenvalue weighted by molar-refractivity contribution is 5.98. The van der Waals surface area contributed by atoms with E-state index in [0.717, 1.165) is 11.9 Å². The number of halogens is 1. The fourth-order valence-corrected chi connectivity index (χ4v) is 3.52. The minimum absolute atomic E-state index is 0.0966. The molecule has 24 heavy (non-hydrogen) atoms. The molecule has 1 fully saturated rings. The Bertz CT molecular complexity index is 743. The van der Waals surface area contributed by atoms with E-state index in [-0.39, 0.29) is 11.7 Å². The predicted octanol–water partition coefficient (Wildman–Crippen LogP) is 2.23. The van der Waals surface area contributed by atoms with Crippen LogP contribution >= 0.6 is 0 Å². The van der Waals surface area contributed by atoms with Crippen LogP contribution in [0.1, 0.15) is 29.8 Å². The topological polar surface area (TPSA) is 59.6 Å². The zero-order chi connectivity index (χ0) is 17.3. The lowest BCUT2D eigenvalue weighted by Gasteiger charge is -2.29. The molecule has 6 heteroatoms. The fourth-order valence-electron chi connectivity index (χ4n) is 3.52. The summed E-state index contributed by atoms with van der Waals surface area (Å²) in [7, 11) is 3.88. The van der Waals surface area contributed by atoms with E-state index in [0.29, 0.717) is 43.6 Å². The summed E-state index contributed by atoms with van der Waals surface area (Å²) >= 11 is 0. The van der Waals surface area contributed by atoms with Crippen molar-refractivity contribution < 1.29 is 14.3 Å². The minimum atomic E-state index is -0.748. The van der Waals surface area contributed by atoms with Gasteiger partial charge in [0.2, 0.25) is 0 Å². The Morgan fingerprint density at radius 2 is 2.12 bits per heavy atom. The first-order chi connectivity index (χ1) is 11.4. The third kappa shape index (κ3) is 3.60. The molecule has 1 aromatic heterocycles. The van der Waals surface area contributed by atoms with Gasteiger partial charge in [-0.15, -0.1) is 0 Å². The lowest BCUT2D eigenvalue weighted by molar-refractivity contribution is 0.00303. The molecule has 0 radical (unpaired) electrons. The van der Waals surface area contributed by atoms with Crippen LogP contribution in [0.3, 0.4) is 0 Å². The normalized spacial score (nSPS) is 22.1. The lowest BCUT2D eigenvalue weighted by atomic mass is 9.94. The molecule has 1 unspecified atom stereocenters. The molecule has 1 aromatic carbocycles. The van der Waals surface area contributed by atoms with Crippen LogP contribution in [-0.2, 0) is 0 Å². The van der Waals surface area contributed by atoms with Gasteiger partial charge in [-0.1, -0.05) is 0 Å². The van der Waals surface area contributed by atoms with E-state index in [1.165, 1.54) is 12.1 Å². The van der Waals surface area contributed by atoms with Crippen LogP contribution in [0.4, 0.5) is 4.39 Å². The number of nitrogens with one attached hydrogen (secondary N) is 1. The van der Waals surface area contributed by atoms with E-state index < -0.39 is 5.60 Å². The summed E-state index contributed by atoms with van der Waals surface area (Å²) in [5, 5.41) is 11.4. The fraction of sp³-hybridized carbons (Fsp3) is 0.500. The molecule has 1 aliphatic rings. The van der Waals surface area contributed by atoms with Crippen LogP contribution in [0.25, 0.3) is 10.9 Å². The molecule has 1 atom stereocenters. The van der Waals surface area contributed by atoms with Gasteiger partial charge in [-0.3, -0.25) is 4.79 Å². The molecule has 1 saturated heterocycles. The van der Waals surface area contributed by atoms with Crippen molar-refractivity contribution in [2.45, 2.75) is 24.9 Å². The number of rotatable bonds is 3. The number of amides is 1. The van der Waals surface area contributed by atoms with Crippen molar-refractivity contribution in [3.8, 4) is 0 Å². The van der Waals surface area contributed by atoms with Crippen LogP contribution in [0.2, 0.25) is 0 Å². The van der Waals surface area contributed by atoms with Crippen LogP contribution < -0.4 is 0 Å². The molecular formula is C18H24FN3O2. The zero-order valence-corrected chi connectivity index (χ0v) is 14.2. The second-order valence-electron chi connectivity index (χ2n) is 7.02. The number of fused-ring (bicyclic) bond motifs is 1. The molecule has 1 amide bonds. The second-order valence-corrected chi connectivity index (χ2v) is 7.02. The number of aromatic amines is 1. The third-order valence-corrected chi connectivity index (χ3v) is 4.63. The minimum Gasteiger partial charge on any atom is -0.388 e. The summed E-state index contributed by atoms with van der Waals surface area (Å²) in [4.78, 5) is 19.6. The Balaban J connectivity index is 1.74. The van der Waals surface area contributed by atoms with Crippen LogP contribution in [-0.4, -0.2) is 65.1 Å². The SMILES string of the molecule is CN(C)CC1(O)CCCN(C(=O)c2cc3cc(F)ccc3[nH]2)CC1. The highest BCUT2D eigenvalue weighted by Gasteiger charge is 2.32. The first-order valence-corrected chi connectivity index (χ1v) is 8.31. The quantitative estimate of drug-likeness (QED) is 0.905. The van der Waals surface area contributed by atoms with Gasteiger partial charge in [0.25, 0.3) is 5.91 Å². The zero-order valence-electron chi connectivity index (χ0n) is 14.2. The number of benzene rings is 1. The van der Waals surface area contributed by atoms with Crippen molar-refractivity contribution in [1.82, 2.24) is 14.8 Å². The maximum Gasteiger partial charge on any atom is 0.270 e. The predicted molar refractivity (Wildman–Crippen MR) is 91.5 cm³/mol. The van der Waals surface area contributed by atoms with E-state index in [1.54, 1.807) is 17.0 Å². The third-order valence-electron chi connectivity index (χ3n) is 4.63. The second kappa shape index (κ2) is 6.53. The van der Waals surface area contributed by atoms with E-state index in [4.69, 9.17) is 0 Å². The van der Waals surface area contributed by atoms with Gasteiger partial charge >= 0.3 is 0 Å². The molecule has 2 aromatic rings. The monoisotopic (exact) mass is 333 g/mol. The summed E-state index contributed by atoms with van der Waals surface area (Å²) in [6.07, 6.45) is 2.02. The highest BCUT2D eigenvalue weighted by atomic mass is 19.1. The summed E-state index contributed by atoms with van der Waals surface area (Å²) in [6, 6.07) is 6.12. The van der Waals surface area contributed by atoms with Gasteiger partial charge in [0.1, 0.15) is 11.5 Å². The molecule has 2 heterocycles. The van der Waals surface area contributed by atoms with E-state index in [9.17, 15) is 14.3 Å². The van der Waals surface area contributed by atoms with Gasteiger partial charge in [-0.25, -0.2) is 4.39 Å². The number of H-pyrrole nitrogens is 1. The maximum absolute atomic E-state index is 13.3. The Morgan fingerprint density at radius 3 is 2.88 bits per heavy atom. The number of aliphatic hydroxyl groups is 1. The van der Waals surface area contributed by atoms with Gasteiger partial charge < -0.3 is 19.9 Å². The standard InChI is InChI=1S/C18H24FN3O2/c1-21(2)12-18(24)6-3-8-22(9-7-18)17(23)16-11-13-10-14(19)4-5-15(13)20-16/h4-5,10-11,20,24H,3,6-9,12H2,1-2H3. The smallest absolute Gasteiger partial charge is 0.270 e. The number of likely N-dealkylation sites (tertiary alicyclic amines) is 1. The van der Waals surface area contributed by atoms with E-state index in [1.807, 2.05) is 19.0 Å². The van der Waals surface area contributed by atoms with Crippen molar-refractivity contribution in [2.75, 3.05) is 33.7 Å². The number of carbonyl (C=O) groups excluding carboxylic acids is 1. The molecule has 5 nitrogen and oxygen atoms in total. The average Bonchev–Trinajstić information content (AvgIpc) is 2.82. The summed E-state index contributed by atoms with van der Waals surface area (Å²) in [5.74, 6) is -0.412. The van der Waals surface area contributed by atoms with Crippen LogP contribution in [0.5, 0.6) is 0 Å². The van der Waals surface area contributed by atoms with Gasteiger partial charge in [0.15, 0.2) is 0 Å². The maximum atomic E-state index is 13.3. The number of hydrogen-bond donors (Lipinski definition) is 2. The Labute approximate surface area is 141 Å². The molecule has 0 saturated carbocycles. The molecule has 3 rings (SSSR count). The van der Waals surface area contributed by atoms with E-state index >= 15 is 0 Å². The first kappa shape index (κ1) is 16.9. The molecule has 1 aliphatic heterocycles. The molecule has 130 valence electrons. The Hall–Kier alpha value is -1.92. The number of likely N-dealkylation sites (N-methyl/N-ethyl adjacent to an activating group) is 1. The van der Waals surface area contributed by atoms with Gasteiger partial charge in [-0.05, 0) is 57.6 Å². The van der Waals surface area contributed by atoms with Crippen molar-refractivity contribution in [3.63, 3.8) is 0 Å². The molecule has 0 bridgehead atoms. The van der Waals surface area contributed by atoms with Crippen molar-refractivity contribution >= 4 is 16.8 Å². The number of aromatic nitrogens is 1. The molecular weight excluding hydrogens is 309 g/mol. The number of hydrogen-bond acceptors (Lipinski definition) is 3. The number of carbonyl (C=O) groups is 1. The van der Waals surface area contributed by atoms with E-state index in [2.05, 4.69) is 4.98 Å². The van der Waals surface area contributed by atoms with Crippen LogP contribution in [0, 0.1) is 5.82 Å². The van der Waals surface area contributed by atoms with Crippen molar-refractivity contribution in [1.29, 1.82) is 0 Å². The Morgan fingerprint density at radius 1 is 1.33 bits per heavy atom. The van der Waals surface area contributed by atoms with Gasteiger partial charge in [0.05, 0.1) is 5.60 Å². The highest BCUT2D eigenvalue weighted by Crippen LogP contribution is 2.25.